The molecule has 4 rings (SSSR count). The minimum atomic E-state index is 0.0115. The molecule has 158 valence electrons. The zero-order valence-electron chi connectivity index (χ0n) is 17.5. The summed E-state index contributed by atoms with van der Waals surface area (Å²) in [5, 5.41) is 0.820. The van der Waals surface area contributed by atoms with E-state index in [0.717, 1.165) is 61.5 Å². The van der Waals surface area contributed by atoms with Crippen molar-refractivity contribution < 1.29 is 4.79 Å². The second-order valence-electron chi connectivity index (χ2n) is 8.96. The van der Waals surface area contributed by atoms with Crippen LogP contribution in [0.25, 0.3) is 10.2 Å². The molecule has 0 atom stereocenters. The van der Waals surface area contributed by atoms with E-state index in [9.17, 15) is 9.59 Å². The van der Waals surface area contributed by atoms with Crippen molar-refractivity contribution in [2.24, 2.45) is 0 Å². The van der Waals surface area contributed by atoms with Crippen LogP contribution in [-0.2, 0) is 24.2 Å². The highest BCUT2D eigenvalue weighted by molar-refractivity contribution is 8.01. The highest BCUT2D eigenvalue weighted by Gasteiger charge is 2.24. The molecule has 1 saturated heterocycles. The van der Waals surface area contributed by atoms with Crippen molar-refractivity contribution in [3.05, 3.63) is 26.6 Å². The SMILES string of the molecule is CC(C)(C)SCC(=O)N1CCN(Cc2nc3sc4c(c3c(=O)[nH]2)CCCC4)CC1. The molecule has 2 aromatic heterocycles. The molecule has 2 aliphatic rings. The van der Waals surface area contributed by atoms with Crippen molar-refractivity contribution >= 4 is 39.2 Å². The molecule has 0 spiro atoms. The maximum Gasteiger partial charge on any atom is 0.259 e. The number of thioether (sulfide) groups is 1. The van der Waals surface area contributed by atoms with Gasteiger partial charge in [0.1, 0.15) is 10.7 Å². The van der Waals surface area contributed by atoms with Gasteiger partial charge >= 0.3 is 0 Å². The molecule has 0 radical (unpaired) electrons. The fourth-order valence-corrected chi connectivity index (χ4v) is 6.04. The van der Waals surface area contributed by atoms with Crippen molar-refractivity contribution in [3.8, 4) is 0 Å². The van der Waals surface area contributed by atoms with E-state index < -0.39 is 0 Å². The van der Waals surface area contributed by atoms with E-state index in [2.05, 4.69) is 30.7 Å². The van der Waals surface area contributed by atoms with E-state index in [1.165, 1.54) is 16.9 Å². The van der Waals surface area contributed by atoms with Crippen LogP contribution in [0.2, 0.25) is 0 Å². The van der Waals surface area contributed by atoms with Crippen LogP contribution in [0.5, 0.6) is 0 Å². The average molecular weight is 435 g/mol. The molecule has 0 bridgehead atoms. The first-order valence-electron chi connectivity index (χ1n) is 10.5. The predicted octanol–water partition coefficient (Wildman–Crippen LogP) is 3.04. The van der Waals surface area contributed by atoms with E-state index in [4.69, 9.17) is 4.98 Å². The Bertz CT molecular complexity index is 952. The summed E-state index contributed by atoms with van der Waals surface area (Å²) in [6.45, 7) is 10.1. The van der Waals surface area contributed by atoms with Gasteiger partial charge in [-0.15, -0.1) is 23.1 Å². The predicted molar refractivity (Wildman–Crippen MR) is 121 cm³/mol. The minimum absolute atomic E-state index is 0.0115. The summed E-state index contributed by atoms with van der Waals surface area (Å²) < 4.78 is 0.106. The summed E-state index contributed by atoms with van der Waals surface area (Å²) in [4.78, 5) is 39.4. The fraction of sp³-hybridized carbons (Fsp3) is 0.667. The van der Waals surface area contributed by atoms with Gasteiger partial charge in [-0.25, -0.2) is 4.98 Å². The van der Waals surface area contributed by atoms with E-state index in [1.807, 2.05) is 4.90 Å². The van der Waals surface area contributed by atoms with Gasteiger partial charge in [0.05, 0.1) is 17.7 Å². The number of nitrogens with zero attached hydrogens (tertiary/aromatic N) is 3. The third kappa shape index (κ3) is 4.86. The van der Waals surface area contributed by atoms with Crippen LogP contribution in [0.15, 0.2) is 4.79 Å². The zero-order chi connectivity index (χ0) is 20.6. The molecule has 3 heterocycles. The summed E-state index contributed by atoms with van der Waals surface area (Å²) in [7, 11) is 0. The number of fused-ring (bicyclic) bond motifs is 3. The van der Waals surface area contributed by atoms with Gasteiger partial charge in [0.25, 0.3) is 5.56 Å². The van der Waals surface area contributed by atoms with E-state index in [0.29, 0.717) is 12.3 Å². The first kappa shape index (κ1) is 20.9. The van der Waals surface area contributed by atoms with Crippen molar-refractivity contribution in [1.82, 2.24) is 19.8 Å². The molecule has 1 N–H and O–H groups in total. The first-order valence-corrected chi connectivity index (χ1v) is 12.3. The molecule has 1 fully saturated rings. The monoisotopic (exact) mass is 434 g/mol. The van der Waals surface area contributed by atoms with Gasteiger partial charge in [-0.2, -0.15) is 0 Å². The zero-order valence-corrected chi connectivity index (χ0v) is 19.2. The van der Waals surface area contributed by atoms with Gasteiger partial charge < -0.3 is 9.88 Å². The van der Waals surface area contributed by atoms with Gasteiger partial charge in [0, 0.05) is 35.8 Å². The van der Waals surface area contributed by atoms with Gasteiger partial charge in [-0.1, -0.05) is 20.8 Å². The van der Waals surface area contributed by atoms with Gasteiger partial charge in [-0.3, -0.25) is 14.5 Å². The van der Waals surface area contributed by atoms with Crippen LogP contribution >= 0.6 is 23.1 Å². The number of carbonyl (C=O) groups excluding carboxylic acids is 1. The van der Waals surface area contributed by atoms with Crippen LogP contribution in [-0.4, -0.2) is 62.4 Å². The molecule has 0 saturated carbocycles. The lowest BCUT2D eigenvalue weighted by atomic mass is 9.97. The Kier molecular flexibility index (Phi) is 6.04. The molecule has 2 aromatic rings. The fourth-order valence-electron chi connectivity index (χ4n) is 4.02. The normalized spacial score (nSPS) is 18.2. The first-order chi connectivity index (χ1) is 13.8. The van der Waals surface area contributed by atoms with Crippen LogP contribution in [0, 0.1) is 0 Å². The lowest BCUT2D eigenvalue weighted by Crippen LogP contribution is -2.49. The Morgan fingerprint density at radius 2 is 1.90 bits per heavy atom. The van der Waals surface area contributed by atoms with E-state index in [-0.39, 0.29) is 16.2 Å². The Morgan fingerprint density at radius 3 is 2.62 bits per heavy atom. The maximum atomic E-state index is 12.7. The molecule has 6 nitrogen and oxygen atoms in total. The molecular weight excluding hydrogens is 404 g/mol. The summed E-state index contributed by atoms with van der Waals surface area (Å²) in [6, 6.07) is 0. The van der Waals surface area contributed by atoms with Gasteiger partial charge in [-0.05, 0) is 31.2 Å². The molecule has 0 aromatic carbocycles. The van der Waals surface area contributed by atoms with Crippen LogP contribution in [0.1, 0.15) is 49.9 Å². The lowest BCUT2D eigenvalue weighted by Gasteiger charge is -2.34. The highest BCUT2D eigenvalue weighted by Crippen LogP contribution is 2.33. The second kappa shape index (κ2) is 8.40. The standard InChI is InChI=1S/C21H30N4O2S2/c1-21(2,3)28-13-17(26)25-10-8-24(9-11-25)12-16-22-19(27)18-14-6-4-5-7-15(14)29-20(18)23-16/h4-13H2,1-3H3,(H,22,23,27). The van der Waals surface area contributed by atoms with Gasteiger partial charge in [0.2, 0.25) is 5.91 Å². The maximum absolute atomic E-state index is 12.7. The number of thiophene rings is 1. The number of amides is 1. The Hall–Kier alpha value is -1.38. The third-order valence-electron chi connectivity index (χ3n) is 5.60. The van der Waals surface area contributed by atoms with Crippen molar-refractivity contribution in [3.63, 3.8) is 0 Å². The Labute approximate surface area is 180 Å². The number of piperazine rings is 1. The van der Waals surface area contributed by atoms with Crippen molar-refractivity contribution in [2.45, 2.75) is 57.7 Å². The van der Waals surface area contributed by atoms with Crippen LogP contribution in [0.3, 0.4) is 0 Å². The second-order valence-corrected chi connectivity index (χ2v) is 11.8. The summed E-state index contributed by atoms with van der Waals surface area (Å²) >= 11 is 3.40. The number of carbonyl (C=O) groups is 1. The number of rotatable bonds is 4. The highest BCUT2D eigenvalue weighted by atomic mass is 32.2. The molecule has 29 heavy (non-hydrogen) atoms. The molecule has 8 heteroatoms. The van der Waals surface area contributed by atoms with Crippen molar-refractivity contribution in [1.29, 1.82) is 0 Å². The molecule has 1 amide bonds. The number of nitrogens with one attached hydrogen (secondary N) is 1. The molecule has 1 aliphatic carbocycles. The minimum Gasteiger partial charge on any atom is -0.339 e. The number of aromatic amines is 1. The molecule has 1 aliphatic heterocycles. The number of aromatic nitrogens is 2. The van der Waals surface area contributed by atoms with Crippen LogP contribution < -0.4 is 5.56 Å². The number of hydrogen-bond acceptors (Lipinski definition) is 6. The summed E-state index contributed by atoms with van der Waals surface area (Å²) in [5.41, 5.74) is 1.24. The largest absolute Gasteiger partial charge is 0.339 e. The quantitative estimate of drug-likeness (QED) is 0.801. The number of hydrogen-bond donors (Lipinski definition) is 1. The van der Waals surface area contributed by atoms with Gasteiger partial charge in [0.15, 0.2) is 0 Å². The number of aryl methyl sites for hydroxylation is 2. The summed E-state index contributed by atoms with van der Waals surface area (Å²) in [5.74, 6) is 1.50. The molecular formula is C21H30N4O2S2. The number of H-pyrrole nitrogens is 1. The van der Waals surface area contributed by atoms with E-state index >= 15 is 0 Å². The Morgan fingerprint density at radius 1 is 1.17 bits per heavy atom. The van der Waals surface area contributed by atoms with E-state index in [1.54, 1.807) is 23.1 Å². The Balaban J connectivity index is 1.38. The lowest BCUT2D eigenvalue weighted by molar-refractivity contribution is -0.130. The van der Waals surface area contributed by atoms with Crippen molar-refractivity contribution in [2.75, 3.05) is 31.9 Å². The third-order valence-corrected chi connectivity index (χ3v) is 8.04. The topological polar surface area (TPSA) is 69.3 Å². The molecule has 0 unspecified atom stereocenters. The smallest absolute Gasteiger partial charge is 0.259 e. The van der Waals surface area contributed by atoms with Crippen LogP contribution in [0.4, 0.5) is 0 Å². The average Bonchev–Trinajstić information content (AvgIpc) is 3.05. The summed E-state index contributed by atoms with van der Waals surface area (Å²) in [6.07, 6.45) is 4.46.